The van der Waals surface area contributed by atoms with E-state index in [1.165, 1.54) is 25.1 Å². The molecule has 3 unspecified atom stereocenters. The van der Waals surface area contributed by atoms with Gasteiger partial charge < -0.3 is 9.88 Å². The molecule has 1 N–H and O–H groups in total. The average molecular weight is 219 g/mol. The lowest BCUT2D eigenvalue weighted by Gasteiger charge is -2.24. The predicted octanol–water partition coefficient (Wildman–Crippen LogP) is 1.60. The van der Waals surface area contributed by atoms with Crippen molar-refractivity contribution in [1.29, 1.82) is 0 Å². The lowest BCUT2D eigenvalue weighted by molar-refractivity contribution is 0.343. The third kappa shape index (κ3) is 1.77. The van der Waals surface area contributed by atoms with Gasteiger partial charge in [0.15, 0.2) is 0 Å². The standard InChI is InChI=1S/C13H21N3/c1-14-12(8-13-15-3-4-16(13)2)11-6-9-5-10(9)7-11/h3-4,9-12,14H,5-8H2,1-2H3. The molecular formula is C13H21N3. The summed E-state index contributed by atoms with van der Waals surface area (Å²) in [5.74, 6) is 4.23. The largest absolute Gasteiger partial charge is 0.338 e. The third-order valence-corrected chi connectivity index (χ3v) is 4.54. The van der Waals surface area contributed by atoms with Gasteiger partial charge in [-0.05, 0) is 44.1 Å². The number of imidazole rings is 1. The summed E-state index contributed by atoms with van der Waals surface area (Å²) in [6.07, 6.45) is 9.41. The van der Waals surface area contributed by atoms with E-state index in [2.05, 4.69) is 29.0 Å². The van der Waals surface area contributed by atoms with E-state index in [0.717, 1.165) is 24.2 Å². The van der Waals surface area contributed by atoms with Crippen LogP contribution in [0.15, 0.2) is 12.4 Å². The summed E-state index contributed by atoms with van der Waals surface area (Å²) < 4.78 is 2.14. The summed E-state index contributed by atoms with van der Waals surface area (Å²) in [5.41, 5.74) is 0. The number of aryl methyl sites for hydroxylation is 1. The Labute approximate surface area is 97.3 Å². The van der Waals surface area contributed by atoms with E-state index >= 15 is 0 Å². The van der Waals surface area contributed by atoms with Gasteiger partial charge in [0.1, 0.15) is 5.82 Å². The molecule has 88 valence electrons. The van der Waals surface area contributed by atoms with Crippen molar-refractivity contribution in [3.63, 3.8) is 0 Å². The van der Waals surface area contributed by atoms with Gasteiger partial charge in [-0.2, -0.15) is 0 Å². The molecular weight excluding hydrogens is 198 g/mol. The molecule has 3 nitrogen and oxygen atoms in total. The van der Waals surface area contributed by atoms with Crippen LogP contribution in [-0.2, 0) is 13.5 Å². The van der Waals surface area contributed by atoms with Crippen LogP contribution in [0.2, 0.25) is 0 Å². The van der Waals surface area contributed by atoms with Crippen LogP contribution in [-0.4, -0.2) is 22.6 Å². The predicted molar refractivity (Wildman–Crippen MR) is 64.1 cm³/mol. The Bertz CT molecular complexity index is 361. The fraction of sp³-hybridized carbons (Fsp3) is 0.769. The van der Waals surface area contributed by atoms with Gasteiger partial charge in [-0.25, -0.2) is 4.98 Å². The molecule has 0 saturated heterocycles. The molecule has 2 aliphatic carbocycles. The lowest BCUT2D eigenvalue weighted by atomic mass is 9.92. The third-order valence-electron chi connectivity index (χ3n) is 4.54. The molecule has 1 aromatic rings. The fourth-order valence-corrected chi connectivity index (χ4v) is 3.38. The number of nitrogens with zero attached hydrogens (tertiary/aromatic N) is 2. The second-order valence-corrected chi connectivity index (χ2v) is 5.54. The highest BCUT2D eigenvalue weighted by molar-refractivity contribution is 5.02. The zero-order valence-electron chi connectivity index (χ0n) is 10.2. The molecule has 1 heterocycles. The summed E-state index contributed by atoms with van der Waals surface area (Å²) >= 11 is 0. The highest BCUT2D eigenvalue weighted by Crippen LogP contribution is 2.55. The van der Waals surface area contributed by atoms with Gasteiger partial charge in [-0.1, -0.05) is 0 Å². The monoisotopic (exact) mass is 219 g/mol. The molecule has 16 heavy (non-hydrogen) atoms. The maximum atomic E-state index is 4.43. The average Bonchev–Trinajstić information content (AvgIpc) is 2.71. The molecule has 3 rings (SSSR count). The molecule has 2 aliphatic rings. The Morgan fingerprint density at radius 1 is 1.44 bits per heavy atom. The van der Waals surface area contributed by atoms with Crippen molar-refractivity contribution in [2.45, 2.75) is 31.7 Å². The molecule has 0 radical (unpaired) electrons. The molecule has 0 amide bonds. The van der Waals surface area contributed by atoms with Crippen molar-refractivity contribution in [1.82, 2.24) is 14.9 Å². The number of hydrogen-bond acceptors (Lipinski definition) is 2. The van der Waals surface area contributed by atoms with Crippen molar-refractivity contribution in [3.8, 4) is 0 Å². The van der Waals surface area contributed by atoms with Crippen molar-refractivity contribution in [3.05, 3.63) is 18.2 Å². The molecule has 1 aromatic heterocycles. The second-order valence-electron chi connectivity index (χ2n) is 5.54. The highest BCUT2D eigenvalue weighted by Gasteiger charge is 2.47. The second kappa shape index (κ2) is 3.88. The molecule has 0 spiro atoms. The fourth-order valence-electron chi connectivity index (χ4n) is 3.38. The minimum absolute atomic E-state index is 0.619. The summed E-state index contributed by atoms with van der Waals surface area (Å²) in [6.45, 7) is 0. The normalized spacial score (nSPS) is 33.8. The van der Waals surface area contributed by atoms with E-state index in [0.29, 0.717) is 6.04 Å². The van der Waals surface area contributed by atoms with Crippen LogP contribution in [0.4, 0.5) is 0 Å². The molecule has 2 fully saturated rings. The molecule has 3 heteroatoms. The number of rotatable bonds is 4. The molecule has 3 atom stereocenters. The molecule has 0 bridgehead atoms. The van der Waals surface area contributed by atoms with Crippen molar-refractivity contribution in [2.24, 2.45) is 24.8 Å². The zero-order valence-corrected chi connectivity index (χ0v) is 10.2. The van der Waals surface area contributed by atoms with Gasteiger partial charge in [-0.15, -0.1) is 0 Å². The Hall–Kier alpha value is -0.830. The van der Waals surface area contributed by atoms with Crippen LogP contribution in [0.25, 0.3) is 0 Å². The Morgan fingerprint density at radius 3 is 2.75 bits per heavy atom. The van der Waals surface area contributed by atoms with Crippen molar-refractivity contribution in [2.75, 3.05) is 7.05 Å². The summed E-state index contributed by atoms with van der Waals surface area (Å²) in [4.78, 5) is 4.43. The minimum atomic E-state index is 0.619. The van der Waals surface area contributed by atoms with E-state index in [4.69, 9.17) is 0 Å². The lowest BCUT2D eigenvalue weighted by Crippen LogP contribution is -2.35. The topological polar surface area (TPSA) is 29.9 Å². The van der Waals surface area contributed by atoms with E-state index in [-0.39, 0.29) is 0 Å². The van der Waals surface area contributed by atoms with Crippen LogP contribution in [0.5, 0.6) is 0 Å². The zero-order chi connectivity index (χ0) is 11.1. The van der Waals surface area contributed by atoms with E-state index in [1.54, 1.807) is 0 Å². The van der Waals surface area contributed by atoms with Crippen LogP contribution in [0, 0.1) is 17.8 Å². The Kier molecular flexibility index (Phi) is 2.51. The maximum absolute atomic E-state index is 4.43. The molecule has 0 aromatic carbocycles. The maximum Gasteiger partial charge on any atom is 0.109 e. The van der Waals surface area contributed by atoms with Gasteiger partial charge in [0.2, 0.25) is 0 Å². The van der Waals surface area contributed by atoms with Crippen LogP contribution < -0.4 is 5.32 Å². The van der Waals surface area contributed by atoms with E-state index in [9.17, 15) is 0 Å². The molecule has 0 aliphatic heterocycles. The summed E-state index contributed by atoms with van der Waals surface area (Å²) in [6, 6.07) is 0.619. The number of fused-ring (bicyclic) bond motifs is 1. The van der Waals surface area contributed by atoms with E-state index in [1.807, 2.05) is 12.4 Å². The summed E-state index contributed by atoms with van der Waals surface area (Å²) in [7, 11) is 4.18. The van der Waals surface area contributed by atoms with Gasteiger partial charge in [0.25, 0.3) is 0 Å². The first kappa shape index (κ1) is 10.3. The smallest absolute Gasteiger partial charge is 0.109 e. The first-order chi connectivity index (χ1) is 7.78. The van der Waals surface area contributed by atoms with Gasteiger partial charge in [0, 0.05) is 31.9 Å². The van der Waals surface area contributed by atoms with Gasteiger partial charge >= 0.3 is 0 Å². The van der Waals surface area contributed by atoms with Crippen molar-refractivity contribution >= 4 is 0 Å². The number of likely N-dealkylation sites (N-methyl/N-ethyl adjacent to an activating group) is 1. The minimum Gasteiger partial charge on any atom is -0.338 e. The number of aromatic nitrogens is 2. The van der Waals surface area contributed by atoms with E-state index < -0.39 is 0 Å². The van der Waals surface area contributed by atoms with Crippen LogP contribution >= 0.6 is 0 Å². The molecule has 2 saturated carbocycles. The Morgan fingerprint density at radius 2 is 2.19 bits per heavy atom. The first-order valence-corrected chi connectivity index (χ1v) is 6.41. The van der Waals surface area contributed by atoms with Crippen LogP contribution in [0.3, 0.4) is 0 Å². The highest BCUT2D eigenvalue weighted by atomic mass is 15.0. The van der Waals surface area contributed by atoms with Crippen molar-refractivity contribution < 1.29 is 0 Å². The van der Waals surface area contributed by atoms with Gasteiger partial charge in [0.05, 0.1) is 0 Å². The van der Waals surface area contributed by atoms with Gasteiger partial charge in [-0.3, -0.25) is 0 Å². The SMILES string of the molecule is CNC(Cc1nccn1C)C1CC2CC2C1. The quantitative estimate of drug-likeness (QED) is 0.833. The number of hydrogen-bond donors (Lipinski definition) is 1. The van der Waals surface area contributed by atoms with Crippen LogP contribution in [0.1, 0.15) is 25.1 Å². The summed E-state index contributed by atoms with van der Waals surface area (Å²) in [5, 5.41) is 3.50. The number of nitrogens with one attached hydrogen (secondary N) is 1. The first-order valence-electron chi connectivity index (χ1n) is 6.41. The Balaban J connectivity index is 1.65.